The Morgan fingerprint density at radius 2 is 1.08 bits per heavy atom. The van der Waals surface area contributed by atoms with E-state index in [0.29, 0.717) is 0 Å². The van der Waals surface area contributed by atoms with E-state index in [1.807, 2.05) is 47.0 Å². The Morgan fingerprint density at radius 1 is 0.500 bits per heavy atom. The molecule has 0 aliphatic carbocycles. The highest BCUT2D eigenvalue weighted by Gasteiger charge is 2.20. The number of pyridine rings is 1. The minimum atomic E-state index is 0.00437. The molecule has 170 valence electrons. The van der Waals surface area contributed by atoms with Crippen LogP contribution < -0.4 is 5.56 Å². The molecule has 6 aromatic carbocycles. The number of hydrogen-bond donors (Lipinski definition) is 0. The molecule has 0 N–H and O–H groups in total. The fourth-order valence-corrected chi connectivity index (χ4v) is 5.68. The second-order valence-electron chi connectivity index (χ2n) is 9.39. The van der Waals surface area contributed by atoms with Gasteiger partial charge in [-0.15, -0.1) is 0 Å². The summed E-state index contributed by atoms with van der Waals surface area (Å²) in [7, 11) is 0. The number of para-hydroxylation sites is 1. The van der Waals surface area contributed by atoms with Crippen LogP contribution in [-0.4, -0.2) is 4.57 Å². The van der Waals surface area contributed by atoms with E-state index in [4.69, 9.17) is 0 Å². The third-order valence-electron chi connectivity index (χ3n) is 7.23. The van der Waals surface area contributed by atoms with Crippen LogP contribution in [0.15, 0.2) is 126 Å². The molecule has 0 spiro atoms. The van der Waals surface area contributed by atoms with Gasteiger partial charge in [-0.3, -0.25) is 9.36 Å². The van der Waals surface area contributed by atoms with Crippen LogP contribution in [0.25, 0.3) is 60.0 Å². The molecule has 36 heavy (non-hydrogen) atoms. The standard InChI is InChI=1S/C34H23NO/c1-22-19-20-27-30(21-22)33(28-16-7-6-15-26(28)32(27)23-11-3-2-4-12-23)35-31-18-10-9-14-25(31)24-13-5-8-17-29(24)34(35)36/h2-21H,1H3. The number of rotatable bonds is 2. The largest absolute Gasteiger partial charge is 0.275 e. The summed E-state index contributed by atoms with van der Waals surface area (Å²) in [6.07, 6.45) is 0. The predicted octanol–water partition coefficient (Wildman–Crippen LogP) is 8.43. The highest BCUT2D eigenvalue weighted by Crippen LogP contribution is 2.42. The number of hydrogen-bond acceptors (Lipinski definition) is 1. The van der Waals surface area contributed by atoms with E-state index in [2.05, 4.69) is 85.8 Å². The SMILES string of the molecule is Cc1ccc2c(-c3ccccc3)c3ccccc3c(-n3c(=O)c4ccccc4c4ccccc43)c2c1. The number of benzene rings is 6. The molecular weight excluding hydrogens is 438 g/mol. The van der Waals surface area contributed by atoms with E-state index in [9.17, 15) is 4.79 Å². The summed E-state index contributed by atoms with van der Waals surface area (Å²) >= 11 is 0. The second kappa shape index (κ2) is 7.93. The fourth-order valence-electron chi connectivity index (χ4n) is 5.68. The minimum Gasteiger partial charge on any atom is -0.275 e. The van der Waals surface area contributed by atoms with Gasteiger partial charge in [0.1, 0.15) is 0 Å². The number of nitrogens with zero attached hydrogens (tertiary/aromatic N) is 1. The maximum Gasteiger partial charge on any atom is 0.263 e. The van der Waals surface area contributed by atoms with E-state index in [1.165, 1.54) is 11.1 Å². The van der Waals surface area contributed by atoms with Crippen molar-refractivity contribution in [2.24, 2.45) is 0 Å². The molecule has 1 aromatic heterocycles. The van der Waals surface area contributed by atoms with E-state index < -0.39 is 0 Å². The normalized spacial score (nSPS) is 11.6. The van der Waals surface area contributed by atoms with Crippen LogP contribution in [0.4, 0.5) is 0 Å². The zero-order chi connectivity index (χ0) is 24.2. The highest BCUT2D eigenvalue weighted by atomic mass is 16.1. The van der Waals surface area contributed by atoms with Crippen LogP contribution >= 0.6 is 0 Å². The Hall–Kier alpha value is -4.69. The first kappa shape index (κ1) is 20.7. The topological polar surface area (TPSA) is 22.0 Å². The Bertz CT molecular complexity index is 2020. The molecule has 0 fully saturated rings. The summed E-state index contributed by atoms with van der Waals surface area (Å²) in [4.78, 5) is 14.2. The lowest BCUT2D eigenvalue weighted by molar-refractivity contribution is 1.08. The summed E-state index contributed by atoms with van der Waals surface area (Å²) in [5.41, 5.74) is 5.39. The van der Waals surface area contributed by atoms with Crippen molar-refractivity contribution in [3.8, 4) is 16.8 Å². The van der Waals surface area contributed by atoms with Gasteiger partial charge in [0.2, 0.25) is 0 Å². The van der Waals surface area contributed by atoms with Crippen molar-refractivity contribution >= 4 is 43.2 Å². The zero-order valence-corrected chi connectivity index (χ0v) is 19.9. The monoisotopic (exact) mass is 461 g/mol. The van der Waals surface area contributed by atoms with Gasteiger partial charge >= 0.3 is 0 Å². The van der Waals surface area contributed by atoms with Gasteiger partial charge < -0.3 is 0 Å². The summed E-state index contributed by atoms with van der Waals surface area (Å²) in [5.74, 6) is 0. The van der Waals surface area contributed by atoms with Crippen LogP contribution in [0.3, 0.4) is 0 Å². The first-order chi connectivity index (χ1) is 17.7. The first-order valence-corrected chi connectivity index (χ1v) is 12.3. The molecule has 0 unspecified atom stereocenters. The average Bonchev–Trinajstić information content (AvgIpc) is 2.93. The molecule has 0 bridgehead atoms. The van der Waals surface area contributed by atoms with E-state index >= 15 is 0 Å². The van der Waals surface area contributed by atoms with Crippen LogP contribution in [0.1, 0.15) is 5.56 Å². The van der Waals surface area contributed by atoms with Gasteiger partial charge in [0, 0.05) is 21.5 Å². The Balaban J connectivity index is 1.78. The lowest BCUT2D eigenvalue weighted by Crippen LogP contribution is -2.20. The zero-order valence-electron chi connectivity index (χ0n) is 19.9. The van der Waals surface area contributed by atoms with Crippen molar-refractivity contribution in [2.45, 2.75) is 6.92 Å². The molecule has 2 heteroatoms. The highest BCUT2D eigenvalue weighted by molar-refractivity contribution is 6.19. The van der Waals surface area contributed by atoms with Gasteiger partial charge in [0.15, 0.2) is 0 Å². The van der Waals surface area contributed by atoms with Crippen molar-refractivity contribution in [2.75, 3.05) is 0 Å². The average molecular weight is 462 g/mol. The van der Waals surface area contributed by atoms with Crippen LogP contribution in [0, 0.1) is 6.92 Å². The van der Waals surface area contributed by atoms with Crippen molar-refractivity contribution in [1.82, 2.24) is 4.57 Å². The quantitative estimate of drug-likeness (QED) is 0.187. The molecule has 0 atom stereocenters. The summed E-state index contributed by atoms with van der Waals surface area (Å²) in [6.45, 7) is 2.11. The third kappa shape index (κ3) is 2.95. The van der Waals surface area contributed by atoms with E-state index in [0.717, 1.165) is 54.5 Å². The van der Waals surface area contributed by atoms with Crippen LogP contribution in [0.2, 0.25) is 0 Å². The third-order valence-corrected chi connectivity index (χ3v) is 7.23. The summed E-state index contributed by atoms with van der Waals surface area (Å²) < 4.78 is 1.94. The molecule has 0 radical (unpaired) electrons. The number of aryl methyl sites for hydroxylation is 1. The fraction of sp³-hybridized carbons (Fsp3) is 0.0294. The lowest BCUT2D eigenvalue weighted by atomic mass is 9.89. The maximum atomic E-state index is 14.2. The molecule has 7 rings (SSSR count). The molecule has 0 saturated heterocycles. The molecule has 1 heterocycles. The first-order valence-electron chi connectivity index (χ1n) is 12.3. The van der Waals surface area contributed by atoms with Gasteiger partial charge in [-0.1, -0.05) is 109 Å². The van der Waals surface area contributed by atoms with Crippen molar-refractivity contribution in [3.05, 3.63) is 137 Å². The van der Waals surface area contributed by atoms with Crippen LogP contribution in [0.5, 0.6) is 0 Å². The molecule has 0 saturated carbocycles. The van der Waals surface area contributed by atoms with Crippen molar-refractivity contribution in [1.29, 1.82) is 0 Å². The Labute approximate surface area is 208 Å². The van der Waals surface area contributed by atoms with Gasteiger partial charge in [0.05, 0.1) is 11.2 Å². The molecule has 2 nitrogen and oxygen atoms in total. The van der Waals surface area contributed by atoms with E-state index in [-0.39, 0.29) is 5.56 Å². The molecular formula is C34H23NO. The Morgan fingerprint density at radius 3 is 1.86 bits per heavy atom. The van der Waals surface area contributed by atoms with Crippen molar-refractivity contribution < 1.29 is 0 Å². The van der Waals surface area contributed by atoms with Gasteiger partial charge in [-0.05, 0) is 52.4 Å². The van der Waals surface area contributed by atoms with Gasteiger partial charge in [-0.25, -0.2) is 0 Å². The number of aromatic nitrogens is 1. The second-order valence-corrected chi connectivity index (χ2v) is 9.39. The van der Waals surface area contributed by atoms with Gasteiger partial charge in [-0.2, -0.15) is 0 Å². The molecule has 0 amide bonds. The van der Waals surface area contributed by atoms with Gasteiger partial charge in [0.25, 0.3) is 5.56 Å². The van der Waals surface area contributed by atoms with Crippen molar-refractivity contribution in [3.63, 3.8) is 0 Å². The smallest absolute Gasteiger partial charge is 0.263 e. The molecule has 0 aliphatic heterocycles. The van der Waals surface area contributed by atoms with Crippen LogP contribution in [-0.2, 0) is 0 Å². The predicted molar refractivity (Wildman–Crippen MR) is 152 cm³/mol. The Kier molecular flexibility index (Phi) is 4.55. The minimum absolute atomic E-state index is 0.00437. The summed E-state index contributed by atoms with van der Waals surface area (Å²) in [6, 6.07) is 41.8. The van der Waals surface area contributed by atoms with E-state index in [1.54, 1.807) is 0 Å². The lowest BCUT2D eigenvalue weighted by Gasteiger charge is -2.21. The maximum absolute atomic E-state index is 14.2. The molecule has 7 aromatic rings. The molecule has 0 aliphatic rings. The summed E-state index contributed by atoms with van der Waals surface area (Å²) in [5, 5.41) is 7.22. The number of fused-ring (bicyclic) bond motifs is 5.